The molecular weight excluding hydrogens is 568 g/mol. The second kappa shape index (κ2) is 7.77. The molecule has 0 fully saturated rings. The molecule has 0 saturated carbocycles. The zero-order valence-corrected chi connectivity index (χ0v) is 21.8. The maximum atomic E-state index is 4.39. The van der Waals surface area contributed by atoms with Gasteiger partial charge in [-0.15, -0.1) is 11.3 Å². The van der Waals surface area contributed by atoms with Crippen LogP contribution in [0.2, 0.25) is 0 Å². The average Bonchev–Trinajstić information content (AvgIpc) is 3.40. The third-order valence-corrected chi connectivity index (χ3v) is 9.04. The summed E-state index contributed by atoms with van der Waals surface area (Å²) in [4.78, 5) is 4.39. The predicted molar refractivity (Wildman–Crippen MR) is 152 cm³/mol. The summed E-state index contributed by atoms with van der Waals surface area (Å²) >= 11 is 9.27. The SMILES string of the molecule is Brc1cc(Br)c2sc3c(-c4ccc5c6ccccc6n(-c6cccnc6)c5c4)cccc3c2c1. The number of rotatable bonds is 2. The Balaban J connectivity index is 1.55. The van der Waals surface area contributed by atoms with E-state index in [9.17, 15) is 0 Å². The number of halogens is 2. The van der Waals surface area contributed by atoms with Crippen LogP contribution in [0.1, 0.15) is 0 Å². The van der Waals surface area contributed by atoms with Crippen LogP contribution in [0.4, 0.5) is 0 Å². The Labute approximate surface area is 216 Å². The van der Waals surface area contributed by atoms with E-state index in [1.807, 2.05) is 29.8 Å². The first-order chi connectivity index (χ1) is 16.7. The molecule has 2 nitrogen and oxygen atoms in total. The van der Waals surface area contributed by atoms with Gasteiger partial charge in [0.05, 0.1) is 22.9 Å². The molecule has 0 unspecified atom stereocenters. The van der Waals surface area contributed by atoms with E-state index in [-0.39, 0.29) is 0 Å². The molecule has 0 aliphatic rings. The van der Waals surface area contributed by atoms with Gasteiger partial charge >= 0.3 is 0 Å². The molecule has 0 aliphatic carbocycles. The number of nitrogens with zero attached hydrogens (tertiary/aromatic N) is 2. The summed E-state index contributed by atoms with van der Waals surface area (Å²) in [5.41, 5.74) is 5.92. The number of fused-ring (bicyclic) bond motifs is 6. The number of thiophene rings is 1. The van der Waals surface area contributed by atoms with Crippen LogP contribution in [0.25, 0.3) is 58.8 Å². The number of benzene rings is 4. The first-order valence-corrected chi connectivity index (χ1v) is 13.3. The van der Waals surface area contributed by atoms with Crippen molar-refractivity contribution < 1.29 is 0 Å². The number of pyridine rings is 1. The van der Waals surface area contributed by atoms with Gasteiger partial charge in [0.2, 0.25) is 0 Å². The van der Waals surface area contributed by atoms with Crippen molar-refractivity contribution in [3.63, 3.8) is 0 Å². The van der Waals surface area contributed by atoms with Crippen LogP contribution in [0.15, 0.2) is 106 Å². The third kappa shape index (κ3) is 3.01. The van der Waals surface area contributed by atoms with Crippen LogP contribution >= 0.6 is 43.2 Å². The summed E-state index contributed by atoms with van der Waals surface area (Å²) < 4.78 is 7.10. The Bertz CT molecular complexity index is 1880. The van der Waals surface area contributed by atoms with Crippen molar-refractivity contribution in [3.05, 3.63) is 106 Å². The summed E-state index contributed by atoms with van der Waals surface area (Å²) in [6.45, 7) is 0. The lowest BCUT2D eigenvalue weighted by Crippen LogP contribution is -1.94. The number of aromatic nitrogens is 2. The smallest absolute Gasteiger partial charge is 0.0645 e. The summed E-state index contributed by atoms with van der Waals surface area (Å²) in [7, 11) is 0. The Hall–Kier alpha value is -2.99. The lowest BCUT2D eigenvalue weighted by Gasteiger charge is -2.09. The van der Waals surface area contributed by atoms with E-state index < -0.39 is 0 Å². The summed E-state index contributed by atoms with van der Waals surface area (Å²) in [5, 5.41) is 5.06. The molecule has 7 rings (SSSR count). The fourth-order valence-corrected chi connectivity index (χ4v) is 7.65. The van der Waals surface area contributed by atoms with Crippen LogP contribution in [0.5, 0.6) is 0 Å². The zero-order chi connectivity index (χ0) is 22.8. The summed E-state index contributed by atoms with van der Waals surface area (Å²) in [6.07, 6.45) is 3.75. The molecule has 0 spiro atoms. The van der Waals surface area contributed by atoms with Gasteiger partial charge in [-0.25, -0.2) is 0 Å². The molecule has 0 radical (unpaired) electrons. The Morgan fingerprint density at radius 1 is 0.676 bits per heavy atom. The van der Waals surface area contributed by atoms with Gasteiger partial charge in [0.15, 0.2) is 0 Å². The van der Waals surface area contributed by atoms with Gasteiger partial charge in [-0.2, -0.15) is 0 Å². The van der Waals surface area contributed by atoms with Crippen LogP contribution in [-0.2, 0) is 0 Å². The highest BCUT2D eigenvalue weighted by Crippen LogP contribution is 2.44. The zero-order valence-electron chi connectivity index (χ0n) is 17.8. The van der Waals surface area contributed by atoms with E-state index in [0.29, 0.717) is 0 Å². The Morgan fingerprint density at radius 3 is 2.41 bits per heavy atom. The molecule has 0 atom stereocenters. The minimum atomic E-state index is 1.07. The van der Waals surface area contributed by atoms with E-state index in [0.717, 1.165) is 14.6 Å². The van der Waals surface area contributed by atoms with E-state index in [1.165, 1.54) is 53.1 Å². The van der Waals surface area contributed by atoms with Crippen LogP contribution in [-0.4, -0.2) is 9.55 Å². The summed E-state index contributed by atoms with van der Waals surface area (Å²) in [5.74, 6) is 0. The van der Waals surface area contributed by atoms with Crippen LogP contribution in [0.3, 0.4) is 0 Å². The van der Waals surface area contributed by atoms with E-state index in [2.05, 4.69) is 120 Å². The maximum Gasteiger partial charge on any atom is 0.0645 e. The van der Waals surface area contributed by atoms with Crippen molar-refractivity contribution in [1.29, 1.82) is 0 Å². The molecule has 34 heavy (non-hydrogen) atoms. The number of hydrogen-bond acceptors (Lipinski definition) is 2. The average molecular weight is 584 g/mol. The van der Waals surface area contributed by atoms with E-state index in [1.54, 1.807) is 0 Å². The van der Waals surface area contributed by atoms with Crippen LogP contribution < -0.4 is 0 Å². The van der Waals surface area contributed by atoms with Crippen molar-refractivity contribution in [3.8, 4) is 16.8 Å². The monoisotopic (exact) mass is 582 g/mol. The van der Waals surface area contributed by atoms with Gasteiger partial charge in [0, 0.05) is 46.1 Å². The molecule has 3 heterocycles. The standard InChI is InChI=1S/C29H16Br2N2S/c30-18-14-24-23-8-3-7-20(28(23)34-29(24)25(31)15-18)17-10-11-22-21-6-1-2-9-26(21)33(27(22)13-17)19-5-4-12-32-16-19/h1-16H. The minimum Gasteiger partial charge on any atom is -0.308 e. The first-order valence-electron chi connectivity index (χ1n) is 10.9. The van der Waals surface area contributed by atoms with Crippen molar-refractivity contribution >= 4 is 85.2 Å². The van der Waals surface area contributed by atoms with Crippen LogP contribution in [0, 0.1) is 0 Å². The molecule has 0 N–H and O–H groups in total. The molecule has 3 aromatic heterocycles. The molecule has 0 aliphatic heterocycles. The minimum absolute atomic E-state index is 1.07. The van der Waals surface area contributed by atoms with Gasteiger partial charge in [0.1, 0.15) is 0 Å². The molecule has 7 aromatic rings. The highest BCUT2D eigenvalue weighted by Gasteiger charge is 2.16. The predicted octanol–water partition coefficient (Wildman–Crippen LogP) is 9.74. The van der Waals surface area contributed by atoms with Gasteiger partial charge in [-0.3, -0.25) is 4.98 Å². The second-order valence-electron chi connectivity index (χ2n) is 8.34. The van der Waals surface area contributed by atoms with Gasteiger partial charge < -0.3 is 4.57 Å². The normalized spacial score (nSPS) is 11.8. The van der Waals surface area contributed by atoms with Gasteiger partial charge in [-0.1, -0.05) is 64.5 Å². The maximum absolute atomic E-state index is 4.39. The fourth-order valence-electron chi connectivity index (χ4n) is 4.95. The third-order valence-electron chi connectivity index (χ3n) is 6.41. The van der Waals surface area contributed by atoms with Crippen molar-refractivity contribution in [2.45, 2.75) is 0 Å². The highest BCUT2D eigenvalue weighted by molar-refractivity contribution is 9.11. The Morgan fingerprint density at radius 2 is 1.53 bits per heavy atom. The Kier molecular flexibility index (Phi) is 4.66. The molecule has 0 saturated heterocycles. The number of para-hydroxylation sites is 1. The first kappa shape index (κ1) is 20.4. The summed E-state index contributed by atoms with van der Waals surface area (Å²) in [6, 6.07) is 30.5. The van der Waals surface area contributed by atoms with Gasteiger partial charge in [-0.05, 0) is 63.5 Å². The molecule has 5 heteroatoms. The molecule has 162 valence electrons. The lowest BCUT2D eigenvalue weighted by atomic mass is 10.0. The van der Waals surface area contributed by atoms with Crippen molar-refractivity contribution in [2.75, 3.05) is 0 Å². The van der Waals surface area contributed by atoms with Crippen molar-refractivity contribution in [2.24, 2.45) is 0 Å². The highest BCUT2D eigenvalue weighted by atomic mass is 79.9. The molecule has 4 aromatic carbocycles. The number of hydrogen-bond donors (Lipinski definition) is 0. The largest absolute Gasteiger partial charge is 0.308 e. The molecule has 0 bridgehead atoms. The van der Waals surface area contributed by atoms with Crippen molar-refractivity contribution in [1.82, 2.24) is 9.55 Å². The van der Waals surface area contributed by atoms with E-state index in [4.69, 9.17) is 0 Å². The van der Waals surface area contributed by atoms with E-state index >= 15 is 0 Å². The molecular formula is C29H16Br2N2S. The van der Waals surface area contributed by atoms with Gasteiger partial charge in [0.25, 0.3) is 0 Å². The fraction of sp³-hybridized carbons (Fsp3) is 0. The lowest BCUT2D eigenvalue weighted by molar-refractivity contribution is 1.14. The topological polar surface area (TPSA) is 17.8 Å². The molecule has 0 amide bonds. The second-order valence-corrected chi connectivity index (χ2v) is 11.1. The quantitative estimate of drug-likeness (QED) is 0.198.